The fourth-order valence-corrected chi connectivity index (χ4v) is 10.1. The highest BCUT2D eigenvalue weighted by Gasteiger charge is 2.76. The number of nitrogens with zero attached hydrogens (tertiary/aromatic N) is 4. The van der Waals surface area contributed by atoms with Gasteiger partial charge in [0.25, 0.3) is 0 Å². The molecule has 1 spiro atoms. The molecule has 204 valence electrons. The molecule has 4 heterocycles. The number of aliphatic hydroxyl groups is 1. The van der Waals surface area contributed by atoms with Crippen LogP contribution in [0.15, 0.2) is 54.6 Å². The van der Waals surface area contributed by atoms with Crippen LogP contribution in [0.3, 0.4) is 0 Å². The number of anilines is 1. The number of nitrogens with one attached hydrogen (secondary N) is 2. The summed E-state index contributed by atoms with van der Waals surface area (Å²) in [6, 6.07) is 15.3. The predicted molar refractivity (Wildman–Crippen MR) is 151 cm³/mol. The number of hydrogen-bond acceptors (Lipinski definition) is 7. The van der Waals surface area contributed by atoms with E-state index in [1.54, 1.807) is 21.3 Å². The van der Waals surface area contributed by atoms with Gasteiger partial charge in [0.2, 0.25) is 17.7 Å². The third-order valence-corrected chi connectivity index (χ3v) is 11.4. The molecule has 3 aliphatic rings. The Labute approximate surface area is 238 Å². The van der Waals surface area contributed by atoms with Gasteiger partial charge in [-0.25, -0.2) is 4.68 Å². The molecule has 3 fully saturated rings. The Bertz CT molecular complexity index is 1420. The Kier molecular flexibility index (Phi) is 6.88. The molecular formula is C27H29BrN6O4S. The number of aromatic nitrogens is 3. The zero-order valence-corrected chi connectivity index (χ0v) is 23.6. The van der Waals surface area contributed by atoms with Gasteiger partial charge in [-0.1, -0.05) is 58.4 Å². The lowest BCUT2D eigenvalue weighted by atomic mass is 9.70. The predicted octanol–water partition coefficient (Wildman–Crippen LogP) is 2.38. The minimum Gasteiger partial charge on any atom is -0.394 e. The van der Waals surface area contributed by atoms with Gasteiger partial charge in [0.05, 0.1) is 34.7 Å². The van der Waals surface area contributed by atoms with E-state index in [1.807, 2.05) is 61.5 Å². The number of rotatable bonds is 8. The number of alkyl halides is 1. The van der Waals surface area contributed by atoms with E-state index < -0.39 is 28.7 Å². The first-order valence-corrected chi connectivity index (χ1v) is 14.9. The molecule has 3 aromatic rings. The standard InChI is InChI=1S/C27H29BrN6O4S/c1-2-16(13-35)34-23(25(37)29-14-33-19-11-7-6-10-18(19)31-32-33)27-12-17(28)22(39-27)20(21(27)26(34)38)24(36)30-15-8-4-3-5-9-15/h3-11,16-17,20-23,35H,2,12-14H2,1H3,(H,29,37)(H,30,36)/t16-,17?,20+,21-,22+,23?,27?/m0/s1. The SMILES string of the molecule is CC[C@@H](CO)N1C(=O)[C@@H]2[C@@H](C(=O)Nc3ccccc3)[C@@H]3SC2(CC3Br)C1C(=O)NCn1nnc2ccccc21. The number of amides is 3. The number of para-hydroxylation sites is 2. The van der Waals surface area contributed by atoms with E-state index in [4.69, 9.17) is 0 Å². The summed E-state index contributed by atoms with van der Waals surface area (Å²) in [7, 11) is 0. The van der Waals surface area contributed by atoms with Crippen LogP contribution in [0.2, 0.25) is 0 Å². The van der Waals surface area contributed by atoms with Gasteiger partial charge in [0, 0.05) is 15.8 Å². The Morgan fingerprint density at radius 1 is 1.18 bits per heavy atom. The first-order valence-electron chi connectivity index (χ1n) is 13.1. The number of thioether (sulfide) groups is 1. The van der Waals surface area contributed by atoms with E-state index in [0.717, 1.165) is 5.52 Å². The zero-order chi connectivity index (χ0) is 27.3. The number of carbonyl (C=O) groups is 3. The molecule has 1 aromatic heterocycles. The number of carbonyl (C=O) groups excluding carboxylic acids is 3. The van der Waals surface area contributed by atoms with Crippen LogP contribution in [-0.4, -0.2) is 76.2 Å². The van der Waals surface area contributed by atoms with Gasteiger partial charge in [-0.2, -0.15) is 0 Å². The molecule has 3 amide bonds. The third kappa shape index (κ3) is 4.15. The van der Waals surface area contributed by atoms with Crippen LogP contribution < -0.4 is 10.6 Å². The normalized spacial score (nSPS) is 30.0. The highest BCUT2D eigenvalue weighted by Crippen LogP contribution is 2.68. The first-order chi connectivity index (χ1) is 18.9. The molecule has 0 aliphatic carbocycles. The number of likely N-dealkylation sites (tertiary alicyclic amines) is 1. The van der Waals surface area contributed by atoms with E-state index in [-0.39, 0.29) is 41.1 Å². The van der Waals surface area contributed by atoms with Crippen molar-refractivity contribution in [1.82, 2.24) is 25.2 Å². The summed E-state index contributed by atoms with van der Waals surface area (Å²) in [4.78, 5) is 43.3. The second kappa shape index (κ2) is 10.2. The van der Waals surface area contributed by atoms with Gasteiger partial charge in [-0.05, 0) is 37.1 Å². The molecule has 3 saturated heterocycles. The van der Waals surface area contributed by atoms with Crippen LogP contribution in [0, 0.1) is 11.8 Å². The van der Waals surface area contributed by atoms with E-state index in [1.165, 1.54) is 0 Å². The summed E-state index contributed by atoms with van der Waals surface area (Å²) in [6.45, 7) is 1.70. The lowest BCUT2D eigenvalue weighted by molar-refractivity contribution is -0.142. The van der Waals surface area contributed by atoms with E-state index in [2.05, 4.69) is 36.9 Å². The van der Waals surface area contributed by atoms with E-state index >= 15 is 0 Å². The molecule has 3 N–H and O–H groups in total. The Morgan fingerprint density at radius 3 is 2.67 bits per heavy atom. The number of fused-ring (bicyclic) bond motifs is 2. The molecule has 0 radical (unpaired) electrons. The second-order valence-electron chi connectivity index (χ2n) is 10.3. The molecule has 6 rings (SSSR count). The fraction of sp³-hybridized carbons (Fsp3) is 0.444. The quantitative estimate of drug-likeness (QED) is 0.333. The summed E-state index contributed by atoms with van der Waals surface area (Å²) >= 11 is 5.34. The van der Waals surface area contributed by atoms with Crippen LogP contribution in [-0.2, 0) is 21.1 Å². The lowest BCUT2D eigenvalue weighted by Gasteiger charge is -2.37. The number of aliphatic hydroxyl groups excluding tert-OH is 1. The van der Waals surface area contributed by atoms with Crippen molar-refractivity contribution in [3.8, 4) is 0 Å². The molecule has 2 bridgehead atoms. The van der Waals surface area contributed by atoms with Crippen molar-refractivity contribution in [1.29, 1.82) is 0 Å². The average molecular weight is 614 g/mol. The molecule has 7 atom stereocenters. The third-order valence-electron chi connectivity index (χ3n) is 8.22. The van der Waals surface area contributed by atoms with E-state index in [0.29, 0.717) is 24.0 Å². The van der Waals surface area contributed by atoms with Crippen molar-refractivity contribution < 1.29 is 19.5 Å². The maximum atomic E-state index is 14.1. The maximum Gasteiger partial charge on any atom is 0.245 e. The summed E-state index contributed by atoms with van der Waals surface area (Å²) in [5.41, 5.74) is 2.16. The highest BCUT2D eigenvalue weighted by molar-refractivity contribution is 9.09. The van der Waals surface area contributed by atoms with Gasteiger partial charge in [-0.15, -0.1) is 16.9 Å². The number of hydrogen-bond donors (Lipinski definition) is 3. The molecule has 3 unspecified atom stereocenters. The van der Waals surface area contributed by atoms with E-state index in [9.17, 15) is 19.5 Å². The van der Waals surface area contributed by atoms with Gasteiger partial charge in [0.15, 0.2) is 0 Å². The maximum absolute atomic E-state index is 14.1. The summed E-state index contributed by atoms with van der Waals surface area (Å²) in [6.07, 6.45) is 1.05. The smallest absolute Gasteiger partial charge is 0.245 e. The molecule has 39 heavy (non-hydrogen) atoms. The lowest BCUT2D eigenvalue weighted by Crippen LogP contribution is -2.57. The molecule has 12 heteroatoms. The molecule has 10 nitrogen and oxygen atoms in total. The Morgan fingerprint density at radius 2 is 1.92 bits per heavy atom. The summed E-state index contributed by atoms with van der Waals surface area (Å²) < 4.78 is 0.807. The van der Waals surface area contributed by atoms with Crippen molar-refractivity contribution >= 4 is 62.1 Å². The molecule has 2 aromatic carbocycles. The van der Waals surface area contributed by atoms with Crippen molar-refractivity contribution in [3.63, 3.8) is 0 Å². The van der Waals surface area contributed by atoms with Crippen LogP contribution in [0.4, 0.5) is 5.69 Å². The molecule has 0 saturated carbocycles. The van der Waals surface area contributed by atoms with Crippen molar-refractivity contribution in [2.45, 2.75) is 53.3 Å². The van der Waals surface area contributed by atoms with Gasteiger partial charge in [-0.3, -0.25) is 14.4 Å². The van der Waals surface area contributed by atoms with Crippen LogP contribution >= 0.6 is 27.7 Å². The Hall–Kier alpha value is -2.96. The number of benzene rings is 2. The second-order valence-corrected chi connectivity index (χ2v) is 13.0. The van der Waals surface area contributed by atoms with Crippen molar-refractivity contribution in [2.75, 3.05) is 11.9 Å². The minimum atomic E-state index is -0.841. The van der Waals surface area contributed by atoms with Crippen molar-refractivity contribution in [3.05, 3.63) is 54.6 Å². The van der Waals surface area contributed by atoms with Gasteiger partial charge < -0.3 is 20.6 Å². The summed E-state index contributed by atoms with van der Waals surface area (Å²) in [5.74, 6) is -2.08. The van der Waals surface area contributed by atoms with Gasteiger partial charge >= 0.3 is 0 Å². The monoisotopic (exact) mass is 612 g/mol. The topological polar surface area (TPSA) is 129 Å². The summed E-state index contributed by atoms with van der Waals surface area (Å²) in [5, 5.41) is 24.3. The molecular weight excluding hydrogens is 584 g/mol. The van der Waals surface area contributed by atoms with Crippen molar-refractivity contribution in [2.24, 2.45) is 11.8 Å². The molecule has 3 aliphatic heterocycles. The highest BCUT2D eigenvalue weighted by atomic mass is 79.9. The van der Waals surface area contributed by atoms with Crippen LogP contribution in [0.5, 0.6) is 0 Å². The minimum absolute atomic E-state index is 0.0400. The van der Waals surface area contributed by atoms with Gasteiger partial charge in [0.1, 0.15) is 18.2 Å². The fourth-order valence-electron chi connectivity index (χ4n) is 6.50. The zero-order valence-electron chi connectivity index (χ0n) is 21.2. The van der Waals surface area contributed by atoms with Crippen LogP contribution in [0.25, 0.3) is 11.0 Å². The number of halogens is 1. The average Bonchev–Trinajstić information content (AvgIpc) is 3.66. The largest absolute Gasteiger partial charge is 0.394 e. The van der Waals surface area contributed by atoms with Crippen LogP contribution in [0.1, 0.15) is 19.8 Å². The first kappa shape index (κ1) is 26.3. The Balaban J connectivity index is 1.33.